The lowest BCUT2D eigenvalue weighted by atomic mass is 10.0. The van der Waals surface area contributed by atoms with Crippen molar-refractivity contribution < 1.29 is 13.2 Å². The molecular weight excluding hydrogens is 349 g/mol. The molecule has 0 radical (unpaired) electrons. The summed E-state index contributed by atoms with van der Waals surface area (Å²) in [7, 11) is 0. The Labute approximate surface area is 148 Å². The zero-order chi connectivity index (χ0) is 18.4. The number of rotatable bonds is 5. The minimum atomic E-state index is -4.33. The molecule has 5 N–H and O–H groups in total. The van der Waals surface area contributed by atoms with Gasteiger partial charge in [-0.1, -0.05) is 36.4 Å². The maximum Gasteiger partial charge on any atom is 0.416 e. The molecule has 4 nitrogen and oxygen atoms in total. The van der Waals surface area contributed by atoms with Gasteiger partial charge in [-0.15, -0.1) is 0 Å². The van der Waals surface area contributed by atoms with Crippen LogP contribution in [0.15, 0.2) is 53.5 Å². The standard InChI is InChI=1S/C17H17F3N4S/c18-17(19,20)14-7-5-13(6-8-14)12-3-1-11(2-4-12)9-23-15(21)10-24-16(22)25/h1-8H,9-10H2,(H2,21,23)(H3,22,24,25). The second kappa shape index (κ2) is 7.98. The summed E-state index contributed by atoms with van der Waals surface area (Å²) in [5.74, 6) is 0.375. The first-order valence-corrected chi connectivity index (χ1v) is 7.75. The number of amidine groups is 1. The molecule has 0 saturated heterocycles. The van der Waals surface area contributed by atoms with E-state index in [0.717, 1.165) is 23.3 Å². The van der Waals surface area contributed by atoms with Crippen LogP contribution in [0.2, 0.25) is 0 Å². The molecule has 0 amide bonds. The van der Waals surface area contributed by atoms with Gasteiger partial charge in [0, 0.05) is 0 Å². The molecule has 2 aromatic rings. The second-order valence-electron chi connectivity index (χ2n) is 5.30. The van der Waals surface area contributed by atoms with Gasteiger partial charge in [0.1, 0.15) is 5.84 Å². The molecule has 2 aromatic carbocycles. The molecule has 0 aliphatic rings. The van der Waals surface area contributed by atoms with E-state index in [4.69, 9.17) is 11.5 Å². The SMILES string of the molecule is NC(=S)NCC(N)=NCc1ccc(-c2ccc(C(F)(F)F)cc2)cc1. The number of thiocarbonyl (C=S) groups is 1. The first-order valence-electron chi connectivity index (χ1n) is 7.34. The fourth-order valence-electron chi connectivity index (χ4n) is 2.08. The maximum absolute atomic E-state index is 12.6. The van der Waals surface area contributed by atoms with Crippen molar-refractivity contribution in [2.75, 3.05) is 6.54 Å². The number of nitrogens with zero attached hydrogens (tertiary/aromatic N) is 1. The molecule has 0 spiro atoms. The summed E-state index contributed by atoms with van der Waals surface area (Å²) >= 11 is 4.67. The monoisotopic (exact) mass is 366 g/mol. The number of nitrogens with two attached hydrogens (primary N) is 2. The van der Waals surface area contributed by atoms with Crippen molar-refractivity contribution in [1.82, 2.24) is 5.32 Å². The van der Waals surface area contributed by atoms with Gasteiger partial charge in [-0.25, -0.2) is 0 Å². The highest BCUT2D eigenvalue weighted by molar-refractivity contribution is 7.80. The number of hydrogen-bond acceptors (Lipinski definition) is 2. The van der Waals surface area contributed by atoms with Gasteiger partial charge in [0.2, 0.25) is 0 Å². The predicted molar refractivity (Wildman–Crippen MR) is 97.0 cm³/mol. The van der Waals surface area contributed by atoms with Gasteiger partial charge in [-0.05, 0) is 41.0 Å². The molecule has 0 saturated carbocycles. The third kappa shape index (κ3) is 5.75. The van der Waals surface area contributed by atoms with Gasteiger partial charge in [-0.3, -0.25) is 4.99 Å². The Kier molecular flexibility index (Phi) is 5.97. The molecule has 0 fully saturated rings. The number of hydrogen-bond donors (Lipinski definition) is 3. The van der Waals surface area contributed by atoms with E-state index in [2.05, 4.69) is 22.5 Å². The Balaban J connectivity index is 2.02. The van der Waals surface area contributed by atoms with Gasteiger partial charge in [-0.2, -0.15) is 13.2 Å². The maximum atomic E-state index is 12.6. The van der Waals surface area contributed by atoms with Crippen LogP contribution in [-0.4, -0.2) is 17.5 Å². The lowest BCUT2D eigenvalue weighted by Crippen LogP contribution is -2.36. The van der Waals surface area contributed by atoms with Gasteiger partial charge < -0.3 is 16.8 Å². The molecule has 0 aliphatic carbocycles. The van der Waals surface area contributed by atoms with Crippen LogP contribution in [0.1, 0.15) is 11.1 Å². The summed E-state index contributed by atoms with van der Waals surface area (Å²) in [6, 6.07) is 12.4. The largest absolute Gasteiger partial charge is 0.416 e. The normalized spacial score (nSPS) is 12.0. The van der Waals surface area contributed by atoms with Crippen LogP contribution in [0.3, 0.4) is 0 Å². The first-order chi connectivity index (χ1) is 11.8. The van der Waals surface area contributed by atoms with Gasteiger partial charge >= 0.3 is 6.18 Å². The van der Waals surface area contributed by atoms with E-state index < -0.39 is 11.7 Å². The predicted octanol–water partition coefficient (Wildman–Crippen LogP) is 3.06. The highest BCUT2D eigenvalue weighted by Crippen LogP contribution is 2.31. The molecule has 8 heteroatoms. The smallest absolute Gasteiger partial charge is 0.386 e. The Morgan fingerprint density at radius 2 is 1.48 bits per heavy atom. The van der Waals surface area contributed by atoms with Crippen LogP contribution < -0.4 is 16.8 Å². The molecule has 0 aromatic heterocycles. The quantitative estimate of drug-likeness (QED) is 0.432. The minimum absolute atomic E-state index is 0.152. The van der Waals surface area contributed by atoms with Gasteiger partial charge in [0.05, 0.1) is 18.7 Å². The Morgan fingerprint density at radius 1 is 0.960 bits per heavy atom. The van der Waals surface area contributed by atoms with Crippen molar-refractivity contribution in [1.29, 1.82) is 0 Å². The van der Waals surface area contributed by atoms with Crippen LogP contribution >= 0.6 is 12.2 Å². The molecular formula is C17H17F3N4S. The molecule has 2 rings (SSSR count). The molecule has 0 aliphatic heterocycles. The van der Waals surface area contributed by atoms with E-state index >= 15 is 0 Å². The summed E-state index contributed by atoms with van der Waals surface area (Å²) in [5.41, 5.74) is 12.8. The van der Waals surface area contributed by atoms with E-state index in [1.807, 2.05) is 24.3 Å². The Morgan fingerprint density at radius 3 is 1.96 bits per heavy atom. The van der Waals surface area contributed by atoms with Crippen molar-refractivity contribution in [2.45, 2.75) is 12.7 Å². The molecule has 132 valence electrons. The molecule has 0 heterocycles. The van der Waals surface area contributed by atoms with E-state index in [1.54, 1.807) is 0 Å². The number of benzene rings is 2. The number of aliphatic imine (C=N–C) groups is 1. The van der Waals surface area contributed by atoms with E-state index in [1.165, 1.54) is 12.1 Å². The zero-order valence-corrected chi connectivity index (χ0v) is 14.0. The minimum Gasteiger partial charge on any atom is -0.386 e. The van der Waals surface area contributed by atoms with Gasteiger partial charge in [0.15, 0.2) is 5.11 Å². The van der Waals surface area contributed by atoms with Crippen LogP contribution in [0, 0.1) is 0 Å². The van der Waals surface area contributed by atoms with E-state index in [-0.39, 0.29) is 11.7 Å². The molecule has 0 bridgehead atoms. The number of nitrogens with one attached hydrogen (secondary N) is 1. The summed E-state index contributed by atoms with van der Waals surface area (Å²) in [6.45, 7) is 0.664. The third-order valence-electron chi connectivity index (χ3n) is 3.41. The van der Waals surface area contributed by atoms with E-state index in [0.29, 0.717) is 17.9 Å². The molecule has 0 atom stereocenters. The molecule has 0 unspecified atom stereocenters. The summed E-state index contributed by atoms with van der Waals surface area (Å²) in [5, 5.41) is 2.85. The Hall–Kier alpha value is -2.61. The average Bonchev–Trinajstić information content (AvgIpc) is 2.58. The van der Waals surface area contributed by atoms with Crippen LogP contribution in [0.5, 0.6) is 0 Å². The summed E-state index contributed by atoms with van der Waals surface area (Å²) < 4.78 is 37.7. The van der Waals surface area contributed by atoms with Crippen molar-refractivity contribution in [3.63, 3.8) is 0 Å². The summed E-state index contributed by atoms with van der Waals surface area (Å²) in [6.07, 6.45) is -4.33. The van der Waals surface area contributed by atoms with E-state index in [9.17, 15) is 13.2 Å². The Bertz CT molecular complexity index is 753. The highest BCUT2D eigenvalue weighted by Gasteiger charge is 2.29. The van der Waals surface area contributed by atoms with Gasteiger partial charge in [0.25, 0.3) is 0 Å². The second-order valence-corrected chi connectivity index (χ2v) is 5.74. The highest BCUT2D eigenvalue weighted by atomic mass is 32.1. The van der Waals surface area contributed by atoms with Crippen molar-refractivity contribution in [3.05, 3.63) is 59.7 Å². The lowest BCUT2D eigenvalue weighted by molar-refractivity contribution is -0.137. The zero-order valence-electron chi connectivity index (χ0n) is 13.2. The van der Waals surface area contributed by atoms with Crippen LogP contribution in [0.4, 0.5) is 13.2 Å². The van der Waals surface area contributed by atoms with Crippen LogP contribution in [0.25, 0.3) is 11.1 Å². The summed E-state index contributed by atoms with van der Waals surface area (Å²) in [4.78, 5) is 4.20. The lowest BCUT2D eigenvalue weighted by Gasteiger charge is -2.08. The number of halogens is 3. The number of alkyl halides is 3. The third-order valence-corrected chi connectivity index (χ3v) is 3.55. The fourth-order valence-corrected chi connectivity index (χ4v) is 2.15. The van der Waals surface area contributed by atoms with Crippen molar-refractivity contribution in [3.8, 4) is 11.1 Å². The van der Waals surface area contributed by atoms with Crippen molar-refractivity contribution in [2.24, 2.45) is 16.5 Å². The first kappa shape index (κ1) is 18.7. The fraction of sp³-hybridized carbons (Fsp3) is 0.176. The van der Waals surface area contributed by atoms with Crippen LogP contribution in [-0.2, 0) is 12.7 Å². The average molecular weight is 366 g/mol. The topological polar surface area (TPSA) is 76.4 Å². The van der Waals surface area contributed by atoms with Crippen molar-refractivity contribution >= 4 is 23.2 Å². The molecule has 25 heavy (non-hydrogen) atoms.